The first kappa shape index (κ1) is 27.4. The monoisotopic (exact) mass is 616 g/mol. The van der Waals surface area contributed by atoms with E-state index in [2.05, 4.69) is 170 Å². The van der Waals surface area contributed by atoms with Crippen LogP contribution in [0.5, 0.6) is 0 Å². The van der Waals surface area contributed by atoms with Gasteiger partial charge >= 0.3 is 0 Å². The number of aromatic nitrogens is 2. The van der Waals surface area contributed by atoms with Crippen LogP contribution in [0.25, 0.3) is 87.1 Å². The van der Waals surface area contributed by atoms with Crippen molar-refractivity contribution in [3.8, 4) is 56.0 Å². The molecule has 7 aromatic carbocycles. The third-order valence-electron chi connectivity index (χ3n) is 8.89. The van der Waals surface area contributed by atoms with Crippen molar-refractivity contribution >= 4 is 42.4 Å². The Morgan fingerprint density at radius 2 is 0.957 bits per heavy atom. The summed E-state index contributed by atoms with van der Waals surface area (Å²) in [4.78, 5) is 10.5. The van der Waals surface area contributed by atoms with E-state index in [9.17, 15) is 0 Å². The van der Waals surface area contributed by atoms with Crippen LogP contribution in [0.4, 0.5) is 0 Å². The highest BCUT2D eigenvalue weighted by Crippen LogP contribution is 2.42. The van der Waals surface area contributed by atoms with Crippen LogP contribution < -0.4 is 0 Å². The van der Waals surface area contributed by atoms with Crippen molar-refractivity contribution in [1.29, 1.82) is 0 Å². The summed E-state index contributed by atoms with van der Waals surface area (Å²) in [6.45, 7) is 0. The average molecular weight is 617 g/mol. The van der Waals surface area contributed by atoms with Crippen LogP contribution in [0.1, 0.15) is 0 Å². The number of nitrogens with zero attached hydrogens (tertiary/aromatic N) is 2. The second-order valence-corrected chi connectivity index (χ2v) is 12.8. The van der Waals surface area contributed by atoms with Crippen molar-refractivity contribution in [3.63, 3.8) is 0 Å². The van der Waals surface area contributed by atoms with Crippen molar-refractivity contribution in [2.45, 2.75) is 0 Å². The van der Waals surface area contributed by atoms with Gasteiger partial charge in [-0.1, -0.05) is 146 Å². The van der Waals surface area contributed by atoms with Crippen molar-refractivity contribution in [2.24, 2.45) is 0 Å². The summed E-state index contributed by atoms with van der Waals surface area (Å²) in [5.74, 6) is 0.726. The van der Waals surface area contributed by atoms with E-state index >= 15 is 0 Å². The van der Waals surface area contributed by atoms with Gasteiger partial charge in [-0.15, -0.1) is 11.3 Å². The maximum Gasteiger partial charge on any atom is 0.160 e. The van der Waals surface area contributed by atoms with E-state index in [0.29, 0.717) is 0 Å². The molecule has 0 saturated carbocycles. The molecule has 0 fully saturated rings. The summed E-state index contributed by atoms with van der Waals surface area (Å²) in [6.07, 6.45) is 0. The van der Waals surface area contributed by atoms with Gasteiger partial charge in [-0.2, -0.15) is 0 Å². The predicted molar refractivity (Wildman–Crippen MR) is 200 cm³/mol. The molecule has 0 radical (unpaired) electrons. The molecule has 0 aliphatic carbocycles. The first-order chi connectivity index (χ1) is 23.3. The summed E-state index contributed by atoms with van der Waals surface area (Å²) >= 11 is 1.82. The highest BCUT2D eigenvalue weighted by atomic mass is 32.1. The minimum absolute atomic E-state index is 0.726. The minimum atomic E-state index is 0.726. The average Bonchev–Trinajstić information content (AvgIpc) is 3.54. The highest BCUT2D eigenvalue weighted by Gasteiger charge is 2.17. The number of hydrogen-bond acceptors (Lipinski definition) is 3. The van der Waals surface area contributed by atoms with E-state index in [1.165, 1.54) is 42.4 Å². The molecule has 2 heterocycles. The molecule has 9 aromatic rings. The van der Waals surface area contributed by atoms with E-state index in [1.807, 2.05) is 11.3 Å². The van der Waals surface area contributed by atoms with E-state index < -0.39 is 0 Å². The van der Waals surface area contributed by atoms with Crippen LogP contribution >= 0.6 is 11.3 Å². The SMILES string of the molecule is c1ccc(-c2ccccc2-c2cccc(-c3cccc(-c4nc(-c5ccccc5)c5c(ccc6c7ccccc7sc65)n4)c3)c2)cc1. The number of hydrogen-bond donors (Lipinski definition) is 0. The zero-order valence-corrected chi connectivity index (χ0v) is 26.3. The lowest BCUT2D eigenvalue weighted by molar-refractivity contribution is 1.23. The predicted octanol–water partition coefficient (Wildman–Crippen LogP) is 12.3. The van der Waals surface area contributed by atoms with E-state index in [4.69, 9.17) is 9.97 Å². The Morgan fingerprint density at radius 3 is 1.72 bits per heavy atom. The molecule has 0 amide bonds. The quantitative estimate of drug-likeness (QED) is 0.192. The molecule has 0 atom stereocenters. The molecule has 2 aromatic heterocycles. The van der Waals surface area contributed by atoms with Gasteiger partial charge in [0.15, 0.2) is 5.82 Å². The van der Waals surface area contributed by atoms with E-state index in [-0.39, 0.29) is 0 Å². The van der Waals surface area contributed by atoms with Gasteiger partial charge in [-0.25, -0.2) is 9.97 Å². The van der Waals surface area contributed by atoms with Crippen LogP contribution in [-0.2, 0) is 0 Å². The van der Waals surface area contributed by atoms with Gasteiger partial charge in [0.1, 0.15) is 0 Å². The molecule has 2 nitrogen and oxygen atoms in total. The van der Waals surface area contributed by atoms with Crippen molar-refractivity contribution in [1.82, 2.24) is 9.97 Å². The molecule has 220 valence electrons. The van der Waals surface area contributed by atoms with Gasteiger partial charge in [0, 0.05) is 36.7 Å². The summed E-state index contributed by atoms with van der Waals surface area (Å²) in [6, 6.07) is 60.2. The second-order valence-electron chi connectivity index (χ2n) is 11.8. The Balaban J connectivity index is 1.18. The van der Waals surface area contributed by atoms with Gasteiger partial charge in [-0.3, -0.25) is 0 Å². The fourth-order valence-electron chi connectivity index (χ4n) is 6.64. The largest absolute Gasteiger partial charge is 0.228 e. The number of fused-ring (bicyclic) bond motifs is 5. The second kappa shape index (κ2) is 11.5. The molecule has 0 bridgehead atoms. The lowest BCUT2D eigenvalue weighted by Crippen LogP contribution is -1.95. The molecular formula is C44H28N2S. The Bertz CT molecular complexity index is 2570. The van der Waals surface area contributed by atoms with Crippen molar-refractivity contribution in [2.75, 3.05) is 0 Å². The third-order valence-corrected chi connectivity index (χ3v) is 10.1. The van der Waals surface area contributed by atoms with Crippen LogP contribution in [-0.4, -0.2) is 9.97 Å². The summed E-state index contributed by atoms with van der Waals surface area (Å²) < 4.78 is 2.51. The zero-order valence-electron chi connectivity index (χ0n) is 25.5. The first-order valence-corrected chi connectivity index (χ1v) is 16.6. The number of thiophene rings is 1. The lowest BCUT2D eigenvalue weighted by atomic mass is 9.92. The first-order valence-electron chi connectivity index (χ1n) is 15.8. The summed E-state index contributed by atoms with van der Waals surface area (Å²) in [7, 11) is 0. The normalized spacial score (nSPS) is 11.4. The molecular weight excluding hydrogens is 589 g/mol. The Morgan fingerprint density at radius 1 is 0.383 bits per heavy atom. The van der Waals surface area contributed by atoms with E-state index in [0.717, 1.165) is 44.7 Å². The van der Waals surface area contributed by atoms with Crippen molar-refractivity contribution < 1.29 is 0 Å². The highest BCUT2D eigenvalue weighted by molar-refractivity contribution is 7.26. The lowest BCUT2D eigenvalue weighted by Gasteiger charge is -2.13. The molecule has 0 aliphatic heterocycles. The third kappa shape index (κ3) is 4.89. The Hall–Kier alpha value is -5.90. The fourth-order valence-corrected chi connectivity index (χ4v) is 7.89. The smallest absolute Gasteiger partial charge is 0.160 e. The molecule has 0 saturated heterocycles. The van der Waals surface area contributed by atoms with Crippen LogP contribution in [0.15, 0.2) is 170 Å². The summed E-state index contributed by atoms with van der Waals surface area (Å²) in [5.41, 5.74) is 11.1. The minimum Gasteiger partial charge on any atom is -0.228 e. The standard InChI is InChI=1S/C44H28N2S/c1-3-13-29(14-4-1)35-21-7-8-22-36(35)33-19-11-17-31(27-33)32-18-12-20-34(28-32)44-45-39-26-25-38-37-23-9-10-24-40(37)47-43(38)41(39)42(46-44)30-15-5-2-6-16-30/h1-28H. The van der Waals surface area contributed by atoms with Gasteiger partial charge in [-0.05, 0) is 57.6 Å². The van der Waals surface area contributed by atoms with Gasteiger partial charge < -0.3 is 0 Å². The number of benzene rings is 7. The van der Waals surface area contributed by atoms with Crippen LogP contribution in [0.2, 0.25) is 0 Å². The summed E-state index contributed by atoms with van der Waals surface area (Å²) in [5, 5.41) is 3.64. The fraction of sp³-hybridized carbons (Fsp3) is 0. The maximum atomic E-state index is 5.30. The van der Waals surface area contributed by atoms with Gasteiger partial charge in [0.2, 0.25) is 0 Å². The maximum absolute atomic E-state index is 5.30. The topological polar surface area (TPSA) is 25.8 Å². The van der Waals surface area contributed by atoms with Crippen LogP contribution in [0, 0.1) is 0 Å². The molecule has 0 N–H and O–H groups in total. The van der Waals surface area contributed by atoms with Crippen LogP contribution in [0.3, 0.4) is 0 Å². The number of rotatable bonds is 5. The van der Waals surface area contributed by atoms with Crippen molar-refractivity contribution in [3.05, 3.63) is 170 Å². The molecule has 0 aliphatic rings. The molecule has 0 unspecified atom stereocenters. The Kier molecular flexibility index (Phi) is 6.69. The zero-order chi connectivity index (χ0) is 31.2. The molecule has 0 spiro atoms. The molecule has 9 rings (SSSR count). The molecule has 3 heteroatoms. The van der Waals surface area contributed by atoms with E-state index in [1.54, 1.807) is 0 Å². The Labute approximate surface area is 277 Å². The van der Waals surface area contributed by atoms with Gasteiger partial charge in [0.05, 0.1) is 11.2 Å². The van der Waals surface area contributed by atoms with Gasteiger partial charge in [0.25, 0.3) is 0 Å². The molecule has 47 heavy (non-hydrogen) atoms.